The number of phenols is 1. The van der Waals surface area contributed by atoms with Crippen molar-refractivity contribution in [3.05, 3.63) is 82.9 Å². The van der Waals surface area contributed by atoms with Gasteiger partial charge in [-0.05, 0) is 36.3 Å². The van der Waals surface area contributed by atoms with E-state index in [1.54, 1.807) is 36.4 Å². The number of amides is 1. The highest BCUT2D eigenvalue weighted by Crippen LogP contribution is 2.11. The fourth-order valence-electron chi connectivity index (χ4n) is 2.10. The summed E-state index contributed by atoms with van der Waals surface area (Å²) < 4.78 is 0. The van der Waals surface area contributed by atoms with Crippen LogP contribution in [0.15, 0.2) is 66.3 Å². The van der Waals surface area contributed by atoms with E-state index in [1.807, 2.05) is 37.3 Å². The van der Waals surface area contributed by atoms with Crippen LogP contribution < -0.4 is 5.32 Å². The summed E-state index contributed by atoms with van der Waals surface area (Å²) >= 11 is 0. The zero-order chi connectivity index (χ0) is 17.4. The molecule has 0 atom stereocenters. The van der Waals surface area contributed by atoms with Gasteiger partial charge in [0.05, 0.1) is 0 Å². The summed E-state index contributed by atoms with van der Waals surface area (Å²) in [5.74, 6) is -0.217. The third-order valence-electron chi connectivity index (χ3n) is 3.35. The molecule has 0 aliphatic carbocycles. The van der Waals surface area contributed by atoms with E-state index >= 15 is 0 Å². The summed E-state index contributed by atoms with van der Waals surface area (Å²) in [6.45, 7) is 2.36. The van der Waals surface area contributed by atoms with Gasteiger partial charge in [0.15, 0.2) is 0 Å². The number of benzene rings is 2. The van der Waals surface area contributed by atoms with Crippen molar-refractivity contribution in [3.63, 3.8) is 0 Å². The smallest absolute Gasteiger partial charge is 0.262 e. The molecule has 2 aromatic carbocycles. The standard InChI is InChI=1S/C20H18N2O2/c1-15-4-2-6-17(12-15)14-22-20(24)18(13-21)7-3-5-16-8-10-19(23)11-9-16/h2-12,23H,14H2,1H3,(H,22,24)/b5-3+,18-7+. The molecule has 0 radical (unpaired) electrons. The highest BCUT2D eigenvalue weighted by Gasteiger charge is 2.07. The maximum Gasteiger partial charge on any atom is 0.262 e. The minimum absolute atomic E-state index is 0.0395. The molecule has 120 valence electrons. The molecule has 0 bridgehead atoms. The lowest BCUT2D eigenvalue weighted by atomic mass is 10.1. The number of phenolic OH excluding ortho intramolecular Hbond substituents is 1. The topological polar surface area (TPSA) is 73.1 Å². The van der Waals surface area contributed by atoms with Gasteiger partial charge >= 0.3 is 0 Å². The van der Waals surface area contributed by atoms with E-state index in [0.29, 0.717) is 6.54 Å². The minimum Gasteiger partial charge on any atom is -0.508 e. The zero-order valence-corrected chi connectivity index (χ0v) is 13.4. The van der Waals surface area contributed by atoms with Crippen LogP contribution in [0.1, 0.15) is 16.7 Å². The molecule has 4 nitrogen and oxygen atoms in total. The van der Waals surface area contributed by atoms with Gasteiger partial charge in [0, 0.05) is 6.54 Å². The van der Waals surface area contributed by atoms with Gasteiger partial charge in [-0.2, -0.15) is 5.26 Å². The number of nitrogens with one attached hydrogen (secondary N) is 1. The Morgan fingerprint density at radius 1 is 1.25 bits per heavy atom. The molecule has 24 heavy (non-hydrogen) atoms. The molecule has 1 amide bonds. The number of aryl methyl sites for hydroxylation is 1. The van der Waals surface area contributed by atoms with Gasteiger partial charge in [-0.15, -0.1) is 0 Å². The highest BCUT2D eigenvalue weighted by molar-refractivity contribution is 5.97. The molecule has 2 rings (SSSR count). The number of carbonyl (C=O) groups is 1. The fourth-order valence-corrected chi connectivity index (χ4v) is 2.10. The molecule has 0 aliphatic rings. The molecule has 0 saturated heterocycles. The zero-order valence-electron chi connectivity index (χ0n) is 13.4. The lowest BCUT2D eigenvalue weighted by Crippen LogP contribution is -2.23. The second-order valence-electron chi connectivity index (χ2n) is 5.31. The fraction of sp³-hybridized carbons (Fsp3) is 0.100. The van der Waals surface area contributed by atoms with Gasteiger partial charge in [0.25, 0.3) is 5.91 Å². The number of carbonyl (C=O) groups excluding carboxylic acids is 1. The Morgan fingerprint density at radius 3 is 2.67 bits per heavy atom. The normalized spacial score (nSPS) is 11.2. The van der Waals surface area contributed by atoms with Gasteiger partial charge < -0.3 is 10.4 Å². The molecule has 0 aromatic heterocycles. The van der Waals surface area contributed by atoms with Crippen LogP contribution >= 0.6 is 0 Å². The van der Waals surface area contributed by atoms with Crippen LogP contribution in [0.3, 0.4) is 0 Å². The van der Waals surface area contributed by atoms with Crippen LogP contribution in [0.2, 0.25) is 0 Å². The van der Waals surface area contributed by atoms with Crippen molar-refractivity contribution >= 4 is 12.0 Å². The van der Waals surface area contributed by atoms with Gasteiger partial charge in [0.2, 0.25) is 0 Å². The van der Waals surface area contributed by atoms with Crippen LogP contribution in [0, 0.1) is 18.3 Å². The quantitative estimate of drug-likeness (QED) is 0.503. The second-order valence-corrected chi connectivity index (χ2v) is 5.31. The molecular formula is C20H18N2O2. The van der Waals surface area contributed by atoms with Gasteiger partial charge in [0.1, 0.15) is 17.4 Å². The first kappa shape index (κ1) is 17.0. The van der Waals surface area contributed by atoms with Crippen LogP contribution in [-0.2, 0) is 11.3 Å². The third kappa shape index (κ3) is 5.15. The van der Waals surface area contributed by atoms with Gasteiger partial charge in [-0.1, -0.05) is 54.1 Å². The Labute approximate surface area is 141 Å². The third-order valence-corrected chi connectivity index (χ3v) is 3.35. The van der Waals surface area contributed by atoms with Crippen molar-refractivity contribution in [1.82, 2.24) is 5.32 Å². The average molecular weight is 318 g/mol. The predicted octanol–water partition coefficient (Wildman–Crippen LogP) is 3.48. The van der Waals surface area contributed by atoms with Gasteiger partial charge in [-0.25, -0.2) is 0 Å². The van der Waals surface area contributed by atoms with E-state index in [1.165, 1.54) is 6.08 Å². The number of rotatable bonds is 5. The van der Waals surface area contributed by atoms with Crippen molar-refractivity contribution in [2.24, 2.45) is 0 Å². The highest BCUT2D eigenvalue weighted by atomic mass is 16.3. The summed E-state index contributed by atoms with van der Waals surface area (Å²) in [6, 6.07) is 16.4. The molecule has 2 aromatic rings. The van der Waals surface area contributed by atoms with Crippen LogP contribution in [0.5, 0.6) is 5.75 Å². The first-order valence-corrected chi connectivity index (χ1v) is 7.50. The first-order valence-electron chi connectivity index (χ1n) is 7.50. The lowest BCUT2D eigenvalue weighted by Gasteiger charge is -2.05. The molecular weight excluding hydrogens is 300 g/mol. The number of hydrogen-bond acceptors (Lipinski definition) is 3. The summed E-state index contributed by atoms with van der Waals surface area (Å²) in [4.78, 5) is 12.1. The van der Waals surface area contributed by atoms with Crippen molar-refractivity contribution in [3.8, 4) is 11.8 Å². The Morgan fingerprint density at radius 2 is 2.00 bits per heavy atom. The van der Waals surface area contributed by atoms with Crippen LogP contribution in [0.25, 0.3) is 6.08 Å². The molecule has 0 spiro atoms. The summed E-state index contributed by atoms with van der Waals surface area (Å²) in [7, 11) is 0. The van der Waals surface area contributed by atoms with Crippen LogP contribution in [-0.4, -0.2) is 11.0 Å². The van der Waals surface area contributed by atoms with E-state index in [2.05, 4.69) is 5.32 Å². The second kappa shape index (κ2) is 8.35. The molecule has 2 N–H and O–H groups in total. The molecule has 0 fully saturated rings. The summed E-state index contributed by atoms with van der Waals surface area (Å²) in [6.07, 6.45) is 4.86. The SMILES string of the molecule is Cc1cccc(CNC(=O)/C(C#N)=C/C=C/c2ccc(O)cc2)c1. The van der Waals surface area contributed by atoms with Crippen molar-refractivity contribution < 1.29 is 9.90 Å². The Balaban J connectivity index is 1.97. The molecule has 0 saturated carbocycles. The lowest BCUT2D eigenvalue weighted by molar-refractivity contribution is -0.117. The first-order chi connectivity index (χ1) is 11.6. The van der Waals surface area contributed by atoms with E-state index in [9.17, 15) is 9.90 Å². The Bertz CT molecular complexity index is 812. The van der Waals surface area contributed by atoms with E-state index in [0.717, 1.165) is 16.7 Å². The average Bonchev–Trinajstić information content (AvgIpc) is 2.58. The molecule has 0 unspecified atom stereocenters. The molecule has 0 heterocycles. The van der Waals surface area contributed by atoms with Gasteiger partial charge in [-0.3, -0.25) is 4.79 Å². The Hall–Kier alpha value is -3.32. The van der Waals surface area contributed by atoms with Crippen LogP contribution in [0.4, 0.5) is 0 Å². The van der Waals surface area contributed by atoms with E-state index < -0.39 is 5.91 Å². The van der Waals surface area contributed by atoms with Crippen molar-refractivity contribution in [2.45, 2.75) is 13.5 Å². The van der Waals surface area contributed by atoms with E-state index in [4.69, 9.17) is 5.26 Å². The maximum absolute atomic E-state index is 12.1. The van der Waals surface area contributed by atoms with E-state index in [-0.39, 0.29) is 11.3 Å². The monoisotopic (exact) mass is 318 g/mol. The maximum atomic E-state index is 12.1. The number of aromatic hydroxyl groups is 1. The molecule has 4 heteroatoms. The predicted molar refractivity (Wildman–Crippen MR) is 93.9 cm³/mol. The number of hydrogen-bond donors (Lipinski definition) is 2. The molecule has 0 aliphatic heterocycles. The summed E-state index contributed by atoms with van der Waals surface area (Å²) in [5, 5.41) is 21.1. The van der Waals surface area contributed by atoms with Crippen molar-refractivity contribution in [2.75, 3.05) is 0 Å². The number of nitrogens with zero attached hydrogens (tertiary/aromatic N) is 1. The number of allylic oxidation sites excluding steroid dienone is 2. The minimum atomic E-state index is -0.408. The van der Waals surface area contributed by atoms with Crippen molar-refractivity contribution in [1.29, 1.82) is 5.26 Å². The summed E-state index contributed by atoms with van der Waals surface area (Å²) in [5.41, 5.74) is 3.01. The largest absolute Gasteiger partial charge is 0.508 e. The Kier molecular flexibility index (Phi) is 5.93. The number of nitriles is 1.